The smallest absolute Gasteiger partial charge is 0.257 e. The predicted molar refractivity (Wildman–Crippen MR) is 134 cm³/mol. The van der Waals surface area contributed by atoms with Gasteiger partial charge in [0.1, 0.15) is 5.52 Å². The van der Waals surface area contributed by atoms with Crippen molar-refractivity contribution in [3.63, 3.8) is 0 Å². The zero-order valence-corrected chi connectivity index (χ0v) is 19.6. The van der Waals surface area contributed by atoms with E-state index in [0.717, 1.165) is 16.7 Å². The van der Waals surface area contributed by atoms with Crippen LogP contribution in [0.3, 0.4) is 0 Å². The number of amides is 1. The van der Waals surface area contributed by atoms with E-state index in [4.69, 9.17) is 39.8 Å². The fourth-order valence-electron chi connectivity index (χ4n) is 3.13. The van der Waals surface area contributed by atoms with Crippen LogP contribution in [0.15, 0.2) is 65.1 Å². The van der Waals surface area contributed by atoms with Crippen LogP contribution in [0, 0.1) is 0 Å². The van der Waals surface area contributed by atoms with E-state index < -0.39 is 5.91 Å². The first-order valence-corrected chi connectivity index (χ1v) is 11.0. The summed E-state index contributed by atoms with van der Waals surface area (Å²) >= 11 is 17.2. The molecule has 0 bridgehead atoms. The molecule has 8 heteroatoms. The number of hydrogen-bond donors (Lipinski definition) is 2. The lowest BCUT2D eigenvalue weighted by Gasteiger charge is -2.10. The van der Waals surface area contributed by atoms with Crippen molar-refractivity contribution < 1.29 is 9.21 Å². The molecule has 0 fully saturated rings. The molecule has 0 saturated heterocycles. The predicted octanol–water partition coefficient (Wildman–Crippen LogP) is 7.05. The summed E-state index contributed by atoms with van der Waals surface area (Å²) in [6, 6.07) is 18.1. The van der Waals surface area contributed by atoms with E-state index in [-0.39, 0.29) is 5.11 Å². The van der Waals surface area contributed by atoms with Crippen molar-refractivity contribution in [3.8, 4) is 11.5 Å². The molecule has 1 aromatic heterocycles. The SMILES string of the molecule is CC(C)c1ccc2oc(-c3cccc(NC(=S)NC(=O)c4ccc(Cl)c(Cl)c4)c3)nc2c1. The number of nitrogens with zero attached hydrogens (tertiary/aromatic N) is 1. The minimum absolute atomic E-state index is 0.150. The van der Waals surface area contributed by atoms with Gasteiger partial charge in [-0.05, 0) is 72.2 Å². The Hall–Kier alpha value is -2.93. The molecule has 0 spiro atoms. The number of anilines is 1. The zero-order valence-electron chi connectivity index (χ0n) is 17.3. The maximum atomic E-state index is 12.4. The van der Waals surface area contributed by atoms with Gasteiger partial charge < -0.3 is 9.73 Å². The van der Waals surface area contributed by atoms with Crippen LogP contribution in [0.1, 0.15) is 35.7 Å². The highest BCUT2D eigenvalue weighted by Crippen LogP contribution is 2.28. The maximum Gasteiger partial charge on any atom is 0.257 e. The van der Waals surface area contributed by atoms with Gasteiger partial charge in [0.25, 0.3) is 5.91 Å². The van der Waals surface area contributed by atoms with Crippen LogP contribution in [0.2, 0.25) is 10.0 Å². The van der Waals surface area contributed by atoms with E-state index in [1.165, 1.54) is 11.6 Å². The fourth-order valence-corrected chi connectivity index (χ4v) is 3.64. The van der Waals surface area contributed by atoms with Crippen LogP contribution < -0.4 is 10.6 Å². The van der Waals surface area contributed by atoms with Crippen LogP contribution >= 0.6 is 35.4 Å². The number of halogens is 2. The molecule has 0 aliphatic heterocycles. The van der Waals surface area contributed by atoms with E-state index in [1.54, 1.807) is 12.1 Å². The number of thiocarbonyl (C=S) groups is 1. The molecule has 2 N–H and O–H groups in total. The number of carbonyl (C=O) groups excluding carboxylic acids is 1. The first kappa shape index (κ1) is 22.3. The highest BCUT2D eigenvalue weighted by molar-refractivity contribution is 7.80. The molecular formula is C24H19Cl2N3O2S. The Labute approximate surface area is 200 Å². The second-order valence-corrected chi connectivity index (χ2v) is 8.74. The number of oxazole rings is 1. The Morgan fingerprint density at radius 1 is 1.03 bits per heavy atom. The number of nitrogens with one attached hydrogen (secondary N) is 2. The Kier molecular flexibility index (Phi) is 6.46. The van der Waals surface area contributed by atoms with Gasteiger partial charge >= 0.3 is 0 Å². The summed E-state index contributed by atoms with van der Waals surface area (Å²) in [6.45, 7) is 4.28. The largest absolute Gasteiger partial charge is 0.436 e. The van der Waals surface area contributed by atoms with Crippen LogP contribution in [0.25, 0.3) is 22.6 Å². The van der Waals surface area contributed by atoms with E-state index in [1.807, 2.05) is 36.4 Å². The summed E-state index contributed by atoms with van der Waals surface area (Å²) in [7, 11) is 0. The quantitative estimate of drug-likeness (QED) is 0.304. The van der Waals surface area contributed by atoms with Gasteiger partial charge in [0, 0.05) is 16.8 Å². The fraction of sp³-hybridized carbons (Fsp3) is 0.125. The number of benzene rings is 3. The third-order valence-corrected chi connectivity index (χ3v) is 5.80. The summed E-state index contributed by atoms with van der Waals surface area (Å²) in [5, 5.41) is 6.46. The molecule has 0 atom stereocenters. The van der Waals surface area contributed by atoms with Crippen LogP contribution in [-0.2, 0) is 0 Å². The van der Waals surface area contributed by atoms with Gasteiger partial charge in [-0.2, -0.15) is 0 Å². The molecule has 0 aliphatic rings. The number of carbonyl (C=O) groups is 1. The number of hydrogen-bond acceptors (Lipinski definition) is 4. The average molecular weight is 484 g/mol. The van der Waals surface area contributed by atoms with Crippen LogP contribution in [0.5, 0.6) is 0 Å². The first-order valence-electron chi connectivity index (χ1n) is 9.88. The third-order valence-electron chi connectivity index (χ3n) is 4.85. The summed E-state index contributed by atoms with van der Waals surface area (Å²) in [5.41, 5.74) is 4.57. The lowest BCUT2D eigenvalue weighted by Crippen LogP contribution is -2.34. The zero-order chi connectivity index (χ0) is 22.8. The molecule has 162 valence electrons. The Bertz CT molecular complexity index is 1330. The number of rotatable bonds is 4. The molecule has 4 aromatic rings. The molecular weight excluding hydrogens is 465 g/mol. The third kappa shape index (κ3) is 4.93. The molecule has 4 rings (SSSR count). The standard InChI is InChI=1S/C24H19Cl2N3O2S/c1-13(2)14-7-9-21-20(12-14)28-23(31-21)16-4-3-5-17(10-16)27-24(32)29-22(30)15-6-8-18(25)19(26)11-15/h3-13H,1-2H3,(H2,27,29,30,32). The molecule has 3 aromatic carbocycles. The molecule has 32 heavy (non-hydrogen) atoms. The van der Waals surface area contributed by atoms with Gasteiger partial charge in [-0.25, -0.2) is 4.98 Å². The van der Waals surface area contributed by atoms with Crippen molar-refractivity contribution in [2.45, 2.75) is 19.8 Å². The van der Waals surface area contributed by atoms with E-state index in [0.29, 0.717) is 33.1 Å². The van der Waals surface area contributed by atoms with Crippen molar-refractivity contribution in [3.05, 3.63) is 81.8 Å². The Morgan fingerprint density at radius 3 is 2.59 bits per heavy atom. The van der Waals surface area contributed by atoms with E-state index >= 15 is 0 Å². The Balaban J connectivity index is 1.49. The lowest BCUT2D eigenvalue weighted by atomic mass is 10.0. The molecule has 5 nitrogen and oxygen atoms in total. The molecule has 0 unspecified atom stereocenters. The second-order valence-electron chi connectivity index (χ2n) is 7.52. The van der Waals surface area contributed by atoms with Crippen LogP contribution in [-0.4, -0.2) is 16.0 Å². The van der Waals surface area contributed by atoms with Crippen molar-refractivity contribution >= 4 is 63.2 Å². The summed E-state index contributed by atoms with van der Waals surface area (Å²) in [4.78, 5) is 17.0. The van der Waals surface area contributed by atoms with Crippen molar-refractivity contribution in [2.75, 3.05) is 5.32 Å². The molecule has 0 radical (unpaired) electrons. The van der Waals surface area contributed by atoms with Gasteiger partial charge in [0.15, 0.2) is 10.7 Å². The molecule has 1 amide bonds. The average Bonchev–Trinajstić information content (AvgIpc) is 3.19. The number of aromatic nitrogens is 1. The van der Waals surface area contributed by atoms with E-state index in [9.17, 15) is 4.79 Å². The topological polar surface area (TPSA) is 67.2 Å². The molecule has 0 saturated carbocycles. The van der Waals surface area contributed by atoms with Crippen molar-refractivity contribution in [2.24, 2.45) is 0 Å². The molecule has 0 aliphatic carbocycles. The minimum Gasteiger partial charge on any atom is -0.436 e. The second kappa shape index (κ2) is 9.28. The minimum atomic E-state index is -0.392. The number of fused-ring (bicyclic) bond motifs is 1. The van der Waals surface area contributed by atoms with Gasteiger partial charge in [0.05, 0.1) is 10.0 Å². The van der Waals surface area contributed by atoms with Gasteiger partial charge in [-0.1, -0.05) is 49.2 Å². The maximum absolute atomic E-state index is 12.4. The van der Waals surface area contributed by atoms with E-state index in [2.05, 4.69) is 35.5 Å². The highest BCUT2D eigenvalue weighted by Gasteiger charge is 2.13. The monoisotopic (exact) mass is 483 g/mol. The summed E-state index contributed by atoms with van der Waals surface area (Å²) in [5.74, 6) is 0.527. The molecule has 1 heterocycles. The van der Waals surface area contributed by atoms with Gasteiger partial charge in [0.2, 0.25) is 5.89 Å². The summed E-state index contributed by atoms with van der Waals surface area (Å²) in [6.07, 6.45) is 0. The van der Waals surface area contributed by atoms with Gasteiger partial charge in [-0.15, -0.1) is 0 Å². The van der Waals surface area contributed by atoms with Crippen molar-refractivity contribution in [1.29, 1.82) is 0 Å². The Morgan fingerprint density at radius 2 is 1.84 bits per heavy atom. The normalized spacial score (nSPS) is 11.0. The highest BCUT2D eigenvalue weighted by atomic mass is 35.5. The van der Waals surface area contributed by atoms with Crippen LogP contribution in [0.4, 0.5) is 5.69 Å². The van der Waals surface area contributed by atoms with Crippen molar-refractivity contribution in [1.82, 2.24) is 10.3 Å². The first-order chi connectivity index (χ1) is 15.3. The summed E-state index contributed by atoms with van der Waals surface area (Å²) < 4.78 is 5.93. The lowest BCUT2D eigenvalue weighted by molar-refractivity contribution is 0.0977. The van der Waals surface area contributed by atoms with Gasteiger partial charge in [-0.3, -0.25) is 10.1 Å².